The summed E-state index contributed by atoms with van der Waals surface area (Å²) >= 11 is 0. The van der Waals surface area contributed by atoms with Crippen LogP contribution >= 0.6 is 0 Å². The molecule has 2 rings (SSSR count). The molecule has 0 aliphatic carbocycles. The minimum atomic E-state index is -3.67. The fraction of sp³-hybridized carbons (Fsp3) is 0.538. The Hall–Kier alpha value is -1.51. The van der Waals surface area contributed by atoms with E-state index in [9.17, 15) is 18.5 Å². The highest BCUT2D eigenvalue weighted by Crippen LogP contribution is 2.22. The van der Waals surface area contributed by atoms with E-state index in [1.54, 1.807) is 0 Å². The summed E-state index contributed by atoms with van der Waals surface area (Å²) in [5.74, 6) is 0. The van der Waals surface area contributed by atoms with Crippen molar-refractivity contribution in [3.8, 4) is 0 Å². The molecule has 1 heterocycles. The monoisotopic (exact) mass is 313 g/mol. The second-order valence-electron chi connectivity index (χ2n) is 5.32. The van der Waals surface area contributed by atoms with Crippen LogP contribution in [0.3, 0.4) is 0 Å². The normalized spacial score (nSPS) is 23.0. The van der Waals surface area contributed by atoms with Crippen LogP contribution in [-0.4, -0.2) is 32.0 Å². The number of hydrogen-bond acceptors (Lipinski definition) is 5. The highest BCUT2D eigenvalue weighted by atomic mass is 32.2. The molecule has 2 N–H and O–H groups in total. The van der Waals surface area contributed by atoms with Gasteiger partial charge in [0.2, 0.25) is 10.0 Å². The molecule has 7 nitrogen and oxygen atoms in total. The molecule has 2 atom stereocenters. The Kier molecular flexibility index (Phi) is 4.60. The van der Waals surface area contributed by atoms with E-state index in [4.69, 9.17) is 0 Å². The van der Waals surface area contributed by atoms with Gasteiger partial charge in [-0.15, -0.1) is 0 Å². The molecule has 1 aliphatic rings. The van der Waals surface area contributed by atoms with Crippen molar-refractivity contribution >= 4 is 15.7 Å². The van der Waals surface area contributed by atoms with Crippen molar-refractivity contribution in [3.05, 3.63) is 33.9 Å². The summed E-state index contributed by atoms with van der Waals surface area (Å²) in [5.41, 5.74) is 0.249. The Morgan fingerprint density at radius 1 is 1.43 bits per heavy atom. The summed E-state index contributed by atoms with van der Waals surface area (Å²) in [6.07, 6.45) is 1.69. The minimum absolute atomic E-state index is 0.0587. The molecule has 0 bridgehead atoms. The van der Waals surface area contributed by atoms with Crippen LogP contribution in [0.2, 0.25) is 0 Å². The van der Waals surface area contributed by atoms with E-state index in [0.29, 0.717) is 5.56 Å². The fourth-order valence-corrected chi connectivity index (χ4v) is 3.91. The standard InChI is InChI=1S/C13H19N3O4S/c1-9-8-11(5-6-13(9)16(17)18)21(19,20)15-12-4-3-7-14-10(12)2/h5-6,8,10,12,14-15H,3-4,7H2,1-2H3. The van der Waals surface area contributed by atoms with Crippen LogP contribution in [0, 0.1) is 17.0 Å². The number of piperidine rings is 1. The topological polar surface area (TPSA) is 101 Å². The molecule has 116 valence electrons. The van der Waals surface area contributed by atoms with Gasteiger partial charge < -0.3 is 5.32 Å². The highest BCUT2D eigenvalue weighted by molar-refractivity contribution is 7.89. The van der Waals surface area contributed by atoms with Crippen molar-refractivity contribution < 1.29 is 13.3 Å². The second-order valence-corrected chi connectivity index (χ2v) is 7.03. The van der Waals surface area contributed by atoms with Gasteiger partial charge in [-0.2, -0.15) is 0 Å². The molecule has 1 aromatic rings. The molecular formula is C13H19N3O4S. The number of nitrogens with one attached hydrogen (secondary N) is 2. The summed E-state index contributed by atoms with van der Waals surface area (Å²) in [5, 5.41) is 14.0. The largest absolute Gasteiger partial charge is 0.313 e. The van der Waals surface area contributed by atoms with Crippen LogP contribution in [0.5, 0.6) is 0 Å². The lowest BCUT2D eigenvalue weighted by molar-refractivity contribution is -0.385. The summed E-state index contributed by atoms with van der Waals surface area (Å²) < 4.78 is 27.4. The Morgan fingerprint density at radius 3 is 2.71 bits per heavy atom. The number of sulfonamides is 1. The Bertz CT molecular complexity index is 645. The van der Waals surface area contributed by atoms with Gasteiger partial charge in [-0.3, -0.25) is 10.1 Å². The maximum absolute atomic E-state index is 12.4. The van der Waals surface area contributed by atoms with Gasteiger partial charge in [0.1, 0.15) is 0 Å². The molecule has 0 spiro atoms. The molecule has 1 aromatic carbocycles. The average molecular weight is 313 g/mol. The van der Waals surface area contributed by atoms with E-state index < -0.39 is 14.9 Å². The van der Waals surface area contributed by atoms with Crippen LogP contribution in [0.15, 0.2) is 23.1 Å². The average Bonchev–Trinajstić information content (AvgIpc) is 2.40. The zero-order chi connectivity index (χ0) is 15.6. The zero-order valence-corrected chi connectivity index (χ0v) is 12.8. The lowest BCUT2D eigenvalue weighted by atomic mass is 10.0. The van der Waals surface area contributed by atoms with Crippen molar-refractivity contribution in [2.75, 3.05) is 6.54 Å². The lowest BCUT2D eigenvalue weighted by Crippen LogP contribution is -2.51. The first-order chi connectivity index (χ1) is 9.81. The van der Waals surface area contributed by atoms with Crippen molar-refractivity contribution in [2.45, 2.75) is 43.7 Å². The Balaban J connectivity index is 2.23. The Morgan fingerprint density at radius 2 is 2.14 bits per heavy atom. The summed E-state index contributed by atoms with van der Waals surface area (Å²) in [6, 6.07) is 3.73. The predicted molar refractivity (Wildman–Crippen MR) is 78.6 cm³/mol. The molecule has 0 aromatic heterocycles. The summed E-state index contributed by atoms with van der Waals surface area (Å²) in [4.78, 5) is 10.3. The van der Waals surface area contributed by atoms with Crippen molar-refractivity contribution in [2.24, 2.45) is 0 Å². The van der Waals surface area contributed by atoms with E-state index in [0.717, 1.165) is 19.4 Å². The number of rotatable bonds is 4. The van der Waals surface area contributed by atoms with E-state index in [1.165, 1.54) is 25.1 Å². The van der Waals surface area contributed by atoms with Gasteiger partial charge in [-0.1, -0.05) is 0 Å². The van der Waals surface area contributed by atoms with Crippen LogP contribution in [0.1, 0.15) is 25.3 Å². The van der Waals surface area contributed by atoms with Gasteiger partial charge in [0.25, 0.3) is 5.69 Å². The third-order valence-electron chi connectivity index (χ3n) is 3.74. The molecule has 0 saturated carbocycles. The molecule has 1 aliphatic heterocycles. The van der Waals surface area contributed by atoms with Crippen LogP contribution in [-0.2, 0) is 10.0 Å². The number of nitro groups is 1. The molecule has 1 saturated heterocycles. The fourth-order valence-electron chi connectivity index (χ4n) is 2.47. The molecule has 0 amide bonds. The third-order valence-corrected chi connectivity index (χ3v) is 5.23. The predicted octanol–water partition coefficient (Wildman–Crippen LogP) is 1.32. The first-order valence-electron chi connectivity index (χ1n) is 6.82. The summed E-state index contributed by atoms with van der Waals surface area (Å²) in [6.45, 7) is 4.35. The van der Waals surface area contributed by atoms with Gasteiger partial charge in [-0.05, 0) is 45.4 Å². The van der Waals surface area contributed by atoms with Crippen molar-refractivity contribution in [1.82, 2.24) is 10.0 Å². The minimum Gasteiger partial charge on any atom is -0.313 e. The van der Waals surface area contributed by atoms with Gasteiger partial charge in [0.05, 0.1) is 9.82 Å². The van der Waals surface area contributed by atoms with Crippen LogP contribution in [0.25, 0.3) is 0 Å². The van der Waals surface area contributed by atoms with E-state index in [2.05, 4.69) is 10.0 Å². The molecule has 0 radical (unpaired) electrons. The van der Waals surface area contributed by atoms with Gasteiger partial charge >= 0.3 is 0 Å². The van der Waals surface area contributed by atoms with E-state index >= 15 is 0 Å². The molecule has 2 unspecified atom stereocenters. The first kappa shape index (κ1) is 15.9. The van der Waals surface area contributed by atoms with Crippen LogP contribution < -0.4 is 10.0 Å². The number of nitrogens with zero attached hydrogens (tertiary/aromatic N) is 1. The third kappa shape index (κ3) is 3.58. The van der Waals surface area contributed by atoms with Crippen molar-refractivity contribution in [1.29, 1.82) is 0 Å². The molecular weight excluding hydrogens is 294 g/mol. The Labute approximate surface area is 123 Å². The van der Waals surface area contributed by atoms with Gasteiger partial charge in [-0.25, -0.2) is 13.1 Å². The van der Waals surface area contributed by atoms with E-state index in [1.807, 2.05) is 6.92 Å². The number of nitro benzene ring substituents is 1. The number of hydrogen-bond donors (Lipinski definition) is 2. The number of benzene rings is 1. The highest BCUT2D eigenvalue weighted by Gasteiger charge is 2.27. The van der Waals surface area contributed by atoms with Gasteiger partial charge in [0, 0.05) is 23.7 Å². The zero-order valence-electron chi connectivity index (χ0n) is 12.0. The van der Waals surface area contributed by atoms with Gasteiger partial charge in [0.15, 0.2) is 0 Å². The maximum atomic E-state index is 12.4. The summed E-state index contributed by atoms with van der Waals surface area (Å²) in [7, 11) is -3.67. The first-order valence-corrected chi connectivity index (χ1v) is 8.30. The van der Waals surface area contributed by atoms with Crippen molar-refractivity contribution in [3.63, 3.8) is 0 Å². The van der Waals surface area contributed by atoms with Crippen LogP contribution in [0.4, 0.5) is 5.69 Å². The van der Waals surface area contributed by atoms with E-state index in [-0.39, 0.29) is 22.7 Å². The number of aryl methyl sites for hydroxylation is 1. The molecule has 1 fully saturated rings. The smallest absolute Gasteiger partial charge is 0.272 e. The second kappa shape index (κ2) is 6.08. The SMILES string of the molecule is Cc1cc(S(=O)(=O)NC2CCCNC2C)ccc1[N+](=O)[O-]. The molecule has 8 heteroatoms. The molecule has 21 heavy (non-hydrogen) atoms. The maximum Gasteiger partial charge on any atom is 0.272 e. The quantitative estimate of drug-likeness (QED) is 0.645. The lowest BCUT2D eigenvalue weighted by Gasteiger charge is -2.30.